The van der Waals surface area contributed by atoms with Gasteiger partial charge in [-0.25, -0.2) is 0 Å². The van der Waals surface area contributed by atoms with Crippen molar-refractivity contribution in [3.05, 3.63) is 0 Å². The molecule has 0 aromatic carbocycles. The topological polar surface area (TPSA) is 18.5 Å². The Bertz CT molecular complexity index is 64.1. The quantitative estimate of drug-likeness (QED) is 0.438. The second kappa shape index (κ2) is 4.96. The monoisotopic (exact) mass is 148 g/mol. The lowest BCUT2D eigenvalue weighted by molar-refractivity contribution is -0.0468. The molecule has 0 heterocycles. The highest BCUT2D eigenvalue weighted by Crippen LogP contribution is 2.01. The molecule has 0 bridgehead atoms. The van der Waals surface area contributed by atoms with E-state index in [1.165, 1.54) is 6.04 Å². The molecular formula is C6H16O2Si. The molecule has 0 radical (unpaired) electrons. The lowest BCUT2D eigenvalue weighted by atomic mass is 11.0. The standard InChI is InChI=1S/C6H16O2Si/c1-5-9(4)6(7-2)8-3/h6,9H,5H2,1-4H3. The molecule has 0 N–H and O–H groups in total. The zero-order valence-corrected chi connectivity index (χ0v) is 7.83. The van der Waals surface area contributed by atoms with Crippen LogP contribution in [0.4, 0.5) is 0 Å². The molecule has 0 spiro atoms. The Hall–Kier alpha value is 0.137. The number of methoxy groups -OCH3 is 2. The molecule has 0 aromatic rings. The summed E-state index contributed by atoms with van der Waals surface area (Å²) in [5.74, 6) is 0.106. The fraction of sp³-hybridized carbons (Fsp3) is 1.00. The van der Waals surface area contributed by atoms with E-state index >= 15 is 0 Å². The first kappa shape index (κ1) is 9.14. The predicted molar refractivity (Wildman–Crippen MR) is 41.3 cm³/mol. The number of hydrogen-bond acceptors (Lipinski definition) is 2. The summed E-state index contributed by atoms with van der Waals surface area (Å²) in [6, 6.07) is 1.23. The van der Waals surface area contributed by atoms with E-state index in [4.69, 9.17) is 9.47 Å². The molecule has 0 saturated carbocycles. The predicted octanol–water partition coefficient (Wildman–Crippen LogP) is 1.02. The number of rotatable bonds is 4. The second-order valence-electron chi connectivity index (χ2n) is 2.23. The molecule has 2 nitrogen and oxygen atoms in total. The lowest BCUT2D eigenvalue weighted by Crippen LogP contribution is -2.30. The smallest absolute Gasteiger partial charge is 0.137 e. The Morgan fingerprint density at radius 1 is 1.33 bits per heavy atom. The summed E-state index contributed by atoms with van der Waals surface area (Å²) in [6.07, 6.45) is 0. The van der Waals surface area contributed by atoms with E-state index in [-0.39, 0.29) is 5.91 Å². The molecular weight excluding hydrogens is 132 g/mol. The summed E-state index contributed by atoms with van der Waals surface area (Å²) < 4.78 is 10.2. The molecule has 0 aromatic heterocycles. The first-order valence-corrected chi connectivity index (χ1v) is 5.95. The van der Waals surface area contributed by atoms with Crippen LogP contribution >= 0.6 is 0 Å². The lowest BCUT2D eigenvalue weighted by Gasteiger charge is -2.17. The Morgan fingerprint density at radius 2 is 1.78 bits per heavy atom. The van der Waals surface area contributed by atoms with E-state index in [0.29, 0.717) is 0 Å². The van der Waals surface area contributed by atoms with Crippen LogP contribution in [0.3, 0.4) is 0 Å². The summed E-state index contributed by atoms with van der Waals surface area (Å²) in [4.78, 5) is 0. The zero-order chi connectivity index (χ0) is 7.28. The molecule has 56 valence electrons. The number of hydrogen-bond donors (Lipinski definition) is 0. The first-order chi connectivity index (χ1) is 4.26. The van der Waals surface area contributed by atoms with Crippen LogP contribution in [-0.2, 0) is 9.47 Å². The minimum Gasteiger partial charge on any atom is -0.360 e. The van der Waals surface area contributed by atoms with Crippen molar-refractivity contribution in [1.82, 2.24) is 0 Å². The highest BCUT2D eigenvalue weighted by molar-refractivity contribution is 6.58. The van der Waals surface area contributed by atoms with Gasteiger partial charge in [-0.15, -0.1) is 0 Å². The van der Waals surface area contributed by atoms with Gasteiger partial charge in [0.05, 0.1) is 0 Å². The van der Waals surface area contributed by atoms with Gasteiger partial charge in [-0.3, -0.25) is 0 Å². The van der Waals surface area contributed by atoms with Gasteiger partial charge < -0.3 is 9.47 Å². The summed E-state index contributed by atoms with van der Waals surface area (Å²) in [6.45, 7) is 4.43. The van der Waals surface area contributed by atoms with Crippen LogP contribution in [0.5, 0.6) is 0 Å². The van der Waals surface area contributed by atoms with Gasteiger partial charge >= 0.3 is 0 Å². The Labute approximate surface area is 58.8 Å². The van der Waals surface area contributed by atoms with Crippen molar-refractivity contribution in [3.63, 3.8) is 0 Å². The zero-order valence-electron chi connectivity index (χ0n) is 6.68. The molecule has 0 fully saturated rings. The van der Waals surface area contributed by atoms with Crippen LogP contribution in [0, 0.1) is 0 Å². The average Bonchev–Trinajstić information content (AvgIpc) is 1.90. The third-order valence-corrected chi connectivity index (χ3v) is 4.33. The van der Waals surface area contributed by atoms with E-state index in [1.807, 2.05) is 0 Å². The van der Waals surface area contributed by atoms with Crippen molar-refractivity contribution in [2.45, 2.75) is 25.4 Å². The summed E-state index contributed by atoms with van der Waals surface area (Å²) in [5.41, 5.74) is 0. The molecule has 0 aliphatic rings. The molecule has 3 heteroatoms. The SMILES string of the molecule is CC[SiH](C)C(OC)OC. The van der Waals surface area contributed by atoms with Crippen molar-refractivity contribution in [3.8, 4) is 0 Å². The van der Waals surface area contributed by atoms with Gasteiger partial charge in [0.2, 0.25) is 0 Å². The molecule has 0 rings (SSSR count). The minimum absolute atomic E-state index is 0.106. The Morgan fingerprint density at radius 3 is 1.89 bits per heavy atom. The van der Waals surface area contributed by atoms with Crippen molar-refractivity contribution in [1.29, 1.82) is 0 Å². The van der Waals surface area contributed by atoms with Gasteiger partial charge in [0.15, 0.2) is 0 Å². The third-order valence-electron chi connectivity index (χ3n) is 1.57. The maximum atomic E-state index is 5.09. The normalized spacial score (nSPS) is 14.3. The Balaban J connectivity index is 3.50. The average molecular weight is 148 g/mol. The van der Waals surface area contributed by atoms with Gasteiger partial charge in [0.25, 0.3) is 0 Å². The molecule has 0 aliphatic carbocycles. The maximum absolute atomic E-state index is 5.09. The molecule has 0 amide bonds. The van der Waals surface area contributed by atoms with Crippen molar-refractivity contribution < 1.29 is 9.47 Å². The van der Waals surface area contributed by atoms with E-state index in [0.717, 1.165) is 0 Å². The van der Waals surface area contributed by atoms with Crippen LogP contribution in [0.2, 0.25) is 12.6 Å². The van der Waals surface area contributed by atoms with Crippen LogP contribution in [-0.4, -0.2) is 28.9 Å². The van der Waals surface area contributed by atoms with Crippen LogP contribution in [0.1, 0.15) is 6.92 Å². The first-order valence-electron chi connectivity index (χ1n) is 3.31. The van der Waals surface area contributed by atoms with E-state index in [9.17, 15) is 0 Å². The summed E-state index contributed by atoms with van der Waals surface area (Å²) in [5, 5.41) is 0. The fourth-order valence-corrected chi connectivity index (χ4v) is 2.07. The molecule has 9 heavy (non-hydrogen) atoms. The van der Waals surface area contributed by atoms with Gasteiger partial charge in [-0.05, 0) is 0 Å². The van der Waals surface area contributed by atoms with Gasteiger partial charge in [0, 0.05) is 14.2 Å². The molecule has 0 saturated heterocycles. The number of ether oxygens (including phenoxy) is 2. The molecule has 0 aliphatic heterocycles. The largest absolute Gasteiger partial charge is 0.360 e. The molecule has 1 unspecified atom stereocenters. The van der Waals surface area contributed by atoms with Crippen molar-refractivity contribution >= 4 is 8.80 Å². The van der Waals surface area contributed by atoms with Gasteiger partial charge in [-0.1, -0.05) is 19.5 Å². The fourth-order valence-electron chi connectivity index (χ4n) is 0.753. The van der Waals surface area contributed by atoms with Crippen LogP contribution in [0.15, 0.2) is 0 Å². The second-order valence-corrected chi connectivity index (χ2v) is 5.54. The highest BCUT2D eigenvalue weighted by atomic mass is 28.3. The van der Waals surface area contributed by atoms with Gasteiger partial charge in [0.1, 0.15) is 14.7 Å². The third kappa shape index (κ3) is 2.98. The van der Waals surface area contributed by atoms with Crippen LogP contribution < -0.4 is 0 Å². The highest BCUT2D eigenvalue weighted by Gasteiger charge is 2.14. The van der Waals surface area contributed by atoms with E-state index < -0.39 is 8.80 Å². The maximum Gasteiger partial charge on any atom is 0.137 e. The molecule has 1 atom stereocenters. The van der Waals surface area contributed by atoms with E-state index in [1.54, 1.807) is 14.2 Å². The van der Waals surface area contributed by atoms with Gasteiger partial charge in [-0.2, -0.15) is 0 Å². The van der Waals surface area contributed by atoms with Crippen molar-refractivity contribution in [2.24, 2.45) is 0 Å². The van der Waals surface area contributed by atoms with Crippen molar-refractivity contribution in [2.75, 3.05) is 14.2 Å². The minimum atomic E-state index is -0.741. The summed E-state index contributed by atoms with van der Waals surface area (Å²) in [7, 11) is 2.66. The Kier molecular flexibility index (Phi) is 5.04. The summed E-state index contributed by atoms with van der Waals surface area (Å²) >= 11 is 0. The van der Waals surface area contributed by atoms with E-state index in [2.05, 4.69) is 13.5 Å². The van der Waals surface area contributed by atoms with Crippen LogP contribution in [0.25, 0.3) is 0 Å².